The Balaban J connectivity index is 2.41. The van der Waals surface area contributed by atoms with Crippen molar-refractivity contribution >= 4 is 11.9 Å². The number of Topliss-reactive ketones (excluding diaryl/α,β-unsaturated/α-hetero) is 1. The number of carbonyl (C=O) groups excluding carboxylic acids is 2. The van der Waals surface area contributed by atoms with Crippen LogP contribution in [0.5, 0.6) is 0 Å². The molecule has 1 aliphatic rings. The van der Waals surface area contributed by atoms with Gasteiger partial charge in [-0.1, -0.05) is 20.3 Å². The molecule has 0 unspecified atom stereocenters. The van der Waals surface area contributed by atoms with Gasteiger partial charge in [0.1, 0.15) is 11.4 Å². The molecule has 4 nitrogen and oxygen atoms in total. The molecule has 1 fully saturated rings. The number of carbonyl (C=O) groups is 2. The molecule has 104 valence electrons. The fourth-order valence-corrected chi connectivity index (χ4v) is 1.92. The Morgan fingerprint density at radius 1 is 1.17 bits per heavy atom. The first-order chi connectivity index (χ1) is 8.12. The number of nitrogens with one attached hydrogen (secondary N) is 1. The van der Waals surface area contributed by atoms with Crippen LogP contribution in [0.1, 0.15) is 53.9 Å². The molecule has 0 heterocycles. The minimum Gasteiger partial charge on any atom is -0.444 e. The van der Waals surface area contributed by atoms with E-state index in [0.29, 0.717) is 6.54 Å². The van der Waals surface area contributed by atoms with Crippen molar-refractivity contribution in [1.29, 1.82) is 0 Å². The van der Waals surface area contributed by atoms with Gasteiger partial charge >= 0.3 is 6.09 Å². The van der Waals surface area contributed by atoms with E-state index in [-0.39, 0.29) is 11.7 Å². The van der Waals surface area contributed by atoms with Gasteiger partial charge in [-0.05, 0) is 33.6 Å². The Labute approximate surface area is 109 Å². The summed E-state index contributed by atoms with van der Waals surface area (Å²) in [5.74, 6) is 0.449. The van der Waals surface area contributed by atoms with Gasteiger partial charge in [-0.2, -0.15) is 0 Å². The summed E-state index contributed by atoms with van der Waals surface area (Å²) in [6, 6.07) is 0. The van der Waals surface area contributed by atoms with E-state index in [1.54, 1.807) is 0 Å². The lowest BCUT2D eigenvalue weighted by atomic mass is 9.72. The number of hydrogen-bond donors (Lipinski definition) is 1. The van der Waals surface area contributed by atoms with Crippen LogP contribution < -0.4 is 5.32 Å². The highest BCUT2D eigenvalue weighted by Crippen LogP contribution is 2.33. The fraction of sp³-hybridized carbons (Fsp3) is 0.857. The molecular weight excluding hydrogens is 230 g/mol. The molecule has 1 rings (SSSR count). The van der Waals surface area contributed by atoms with E-state index in [9.17, 15) is 9.59 Å². The third-order valence-electron chi connectivity index (χ3n) is 3.22. The maximum absolute atomic E-state index is 12.2. The lowest BCUT2D eigenvalue weighted by molar-refractivity contribution is -0.133. The van der Waals surface area contributed by atoms with Crippen LogP contribution in [0.2, 0.25) is 0 Å². The Bertz CT molecular complexity index is 324. The molecule has 18 heavy (non-hydrogen) atoms. The van der Waals surface area contributed by atoms with Crippen LogP contribution in [-0.2, 0) is 9.53 Å². The second kappa shape index (κ2) is 5.29. The number of ketones is 1. The highest BCUT2D eigenvalue weighted by atomic mass is 16.6. The van der Waals surface area contributed by atoms with Crippen LogP contribution in [-0.4, -0.2) is 24.0 Å². The summed E-state index contributed by atoms with van der Waals surface area (Å²) in [4.78, 5) is 23.7. The predicted octanol–water partition coefficient (Wildman–Crippen LogP) is 2.91. The van der Waals surface area contributed by atoms with Gasteiger partial charge in [-0.15, -0.1) is 0 Å². The zero-order valence-electron chi connectivity index (χ0n) is 12.1. The second-order valence-electron chi connectivity index (χ2n) is 6.73. The van der Waals surface area contributed by atoms with Crippen molar-refractivity contribution < 1.29 is 14.3 Å². The van der Waals surface area contributed by atoms with E-state index >= 15 is 0 Å². The number of hydrogen-bond acceptors (Lipinski definition) is 3. The van der Waals surface area contributed by atoms with E-state index in [0.717, 1.165) is 19.3 Å². The van der Waals surface area contributed by atoms with Crippen molar-refractivity contribution in [1.82, 2.24) is 5.32 Å². The average Bonchev–Trinajstić information content (AvgIpc) is 2.09. The average molecular weight is 255 g/mol. The summed E-state index contributed by atoms with van der Waals surface area (Å²) >= 11 is 0. The molecule has 0 radical (unpaired) electrons. The molecule has 0 aromatic rings. The first-order valence-electron chi connectivity index (χ1n) is 6.63. The van der Waals surface area contributed by atoms with E-state index in [2.05, 4.69) is 5.32 Å². The quantitative estimate of drug-likeness (QED) is 0.840. The SMILES string of the molecule is CC(C)(C)OC(=O)NCC(C)(C)C(=O)C1CCC1. The molecule has 0 spiro atoms. The Kier molecular flexibility index (Phi) is 4.41. The summed E-state index contributed by atoms with van der Waals surface area (Å²) in [5.41, 5.74) is -1.02. The van der Waals surface area contributed by atoms with Crippen LogP contribution in [0.25, 0.3) is 0 Å². The molecule has 0 aromatic heterocycles. The predicted molar refractivity (Wildman–Crippen MR) is 70.4 cm³/mol. The third kappa shape index (κ3) is 4.31. The lowest BCUT2D eigenvalue weighted by Gasteiger charge is -2.33. The molecule has 1 N–H and O–H groups in total. The van der Waals surface area contributed by atoms with Crippen molar-refractivity contribution in [2.75, 3.05) is 6.54 Å². The van der Waals surface area contributed by atoms with Crippen molar-refractivity contribution in [2.24, 2.45) is 11.3 Å². The zero-order valence-corrected chi connectivity index (χ0v) is 12.1. The largest absolute Gasteiger partial charge is 0.444 e. The molecule has 1 amide bonds. The first kappa shape index (κ1) is 15.0. The van der Waals surface area contributed by atoms with Gasteiger partial charge in [0.15, 0.2) is 0 Å². The van der Waals surface area contributed by atoms with Gasteiger partial charge in [0.05, 0.1) is 0 Å². The van der Waals surface area contributed by atoms with E-state index in [1.165, 1.54) is 0 Å². The number of ether oxygens (including phenoxy) is 1. The summed E-state index contributed by atoms with van der Waals surface area (Å²) in [6.07, 6.45) is 2.67. The monoisotopic (exact) mass is 255 g/mol. The smallest absolute Gasteiger partial charge is 0.407 e. The molecule has 1 saturated carbocycles. The molecule has 0 aliphatic heterocycles. The van der Waals surface area contributed by atoms with Crippen molar-refractivity contribution in [2.45, 2.75) is 59.5 Å². The molecule has 1 aliphatic carbocycles. The van der Waals surface area contributed by atoms with Crippen LogP contribution in [0.15, 0.2) is 0 Å². The summed E-state index contributed by atoms with van der Waals surface area (Å²) < 4.78 is 5.15. The second-order valence-corrected chi connectivity index (χ2v) is 6.73. The van der Waals surface area contributed by atoms with Gasteiger partial charge in [0, 0.05) is 17.9 Å². The number of rotatable bonds is 4. The normalized spacial score (nSPS) is 16.9. The number of amides is 1. The lowest BCUT2D eigenvalue weighted by Crippen LogP contribution is -2.44. The van der Waals surface area contributed by atoms with Crippen molar-refractivity contribution in [3.63, 3.8) is 0 Å². The molecular formula is C14H25NO3. The standard InChI is InChI=1S/C14H25NO3/c1-13(2,3)18-12(17)15-9-14(4,5)11(16)10-7-6-8-10/h10H,6-9H2,1-5H3,(H,15,17). The van der Waals surface area contributed by atoms with Gasteiger partial charge in [0.2, 0.25) is 0 Å². The fourth-order valence-electron chi connectivity index (χ4n) is 1.92. The van der Waals surface area contributed by atoms with E-state index in [4.69, 9.17) is 4.74 Å². The minimum absolute atomic E-state index is 0.195. The van der Waals surface area contributed by atoms with Crippen LogP contribution >= 0.6 is 0 Å². The third-order valence-corrected chi connectivity index (χ3v) is 3.22. The number of alkyl carbamates (subject to hydrolysis) is 1. The van der Waals surface area contributed by atoms with Gasteiger partial charge < -0.3 is 10.1 Å². The maximum atomic E-state index is 12.2. The maximum Gasteiger partial charge on any atom is 0.407 e. The summed E-state index contributed by atoms with van der Waals surface area (Å²) in [7, 11) is 0. The van der Waals surface area contributed by atoms with Crippen LogP contribution in [0.3, 0.4) is 0 Å². The van der Waals surface area contributed by atoms with Gasteiger partial charge in [-0.25, -0.2) is 4.79 Å². The molecule has 0 atom stereocenters. The van der Waals surface area contributed by atoms with Crippen LogP contribution in [0, 0.1) is 11.3 Å². The van der Waals surface area contributed by atoms with Crippen molar-refractivity contribution in [3.05, 3.63) is 0 Å². The van der Waals surface area contributed by atoms with Gasteiger partial charge in [0.25, 0.3) is 0 Å². The molecule has 0 bridgehead atoms. The van der Waals surface area contributed by atoms with Crippen LogP contribution in [0.4, 0.5) is 4.79 Å². The highest BCUT2D eigenvalue weighted by Gasteiger charge is 2.36. The highest BCUT2D eigenvalue weighted by molar-refractivity contribution is 5.87. The van der Waals surface area contributed by atoms with Crippen molar-refractivity contribution in [3.8, 4) is 0 Å². The Morgan fingerprint density at radius 2 is 1.72 bits per heavy atom. The summed E-state index contributed by atoms with van der Waals surface area (Å²) in [5, 5.41) is 2.68. The minimum atomic E-state index is -0.512. The van der Waals surface area contributed by atoms with Gasteiger partial charge in [-0.3, -0.25) is 4.79 Å². The molecule has 0 saturated heterocycles. The first-order valence-corrected chi connectivity index (χ1v) is 6.63. The van der Waals surface area contributed by atoms with E-state index in [1.807, 2.05) is 34.6 Å². The molecule has 4 heteroatoms. The summed E-state index contributed by atoms with van der Waals surface area (Å²) in [6.45, 7) is 9.54. The topological polar surface area (TPSA) is 55.4 Å². The van der Waals surface area contributed by atoms with E-state index < -0.39 is 17.1 Å². The Morgan fingerprint density at radius 3 is 2.11 bits per heavy atom. The Hall–Kier alpha value is -1.06. The molecule has 0 aromatic carbocycles. The zero-order chi connectivity index (χ0) is 14.0.